The van der Waals surface area contributed by atoms with Crippen LogP contribution in [0.5, 0.6) is 0 Å². The lowest BCUT2D eigenvalue weighted by Gasteiger charge is -2.18. The van der Waals surface area contributed by atoms with Crippen LogP contribution >= 0.6 is 0 Å². The van der Waals surface area contributed by atoms with Crippen molar-refractivity contribution in [3.63, 3.8) is 0 Å². The number of aromatic amines is 1. The molecule has 2 aromatic carbocycles. The number of nitrogens with zero attached hydrogens (tertiary/aromatic N) is 3. The normalized spacial score (nSPS) is 15.4. The largest absolute Gasteiger partial charge is 0.338 e. The summed E-state index contributed by atoms with van der Waals surface area (Å²) in [6, 6.07) is 13.5. The number of nitriles is 1. The van der Waals surface area contributed by atoms with E-state index >= 15 is 0 Å². The van der Waals surface area contributed by atoms with Crippen molar-refractivity contribution in [3.05, 3.63) is 47.5 Å². The quantitative estimate of drug-likeness (QED) is 0.778. The Labute approximate surface area is 145 Å². The van der Waals surface area contributed by atoms with Crippen LogP contribution in [0.25, 0.3) is 22.4 Å². The molecule has 3 aromatic rings. The fourth-order valence-electron chi connectivity index (χ4n) is 3.48. The number of likely N-dealkylation sites (N-methyl/N-ethyl adjacent to an activating group) is 1. The summed E-state index contributed by atoms with van der Waals surface area (Å²) in [4.78, 5) is 22.5. The van der Waals surface area contributed by atoms with Gasteiger partial charge in [0.05, 0.1) is 33.8 Å². The number of imidazole rings is 1. The lowest BCUT2D eigenvalue weighted by molar-refractivity contribution is -0.122. The summed E-state index contributed by atoms with van der Waals surface area (Å²) in [5.74, 6) is 0.889. The van der Waals surface area contributed by atoms with Crippen molar-refractivity contribution in [2.75, 3.05) is 11.4 Å². The van der Waals surface area contributed by atoms with Crippen molar-refractivity contribution >= 4 is 22.6 Å². The van der Waals surface area contributed by atoms with Crippen LogP contribution in [0, 0.1) is 11.3 Å². The molecule has 0 aliphatic carbocycles. The molecule has 0 saturated carbocycles. The van der Waals surface area contributed by atoms with Crippen LogP contribution < -0.4 is 4.90 Å². The van der Waals surface area contributed by atoms with Gasteiger partial charge in [0.1, 0.15) is 5.82 Å². The van der Waals surface area contributed by atoms with Gasteiger partial charge in [0.2, 0.25) is 5.91 Å². The van der Waals surface area contributed by atoms with Crippen molar-refractivity contribution in [3.8, 4) is 17.5 Å². The molecule has 5 nitrogen and oxygen atoms in total. The Morgan fingerprint density at radius 3 is 2.60 bits per heavy atom. The smallest absolute Gasteiger partial charge is 0.237 e. The molecule has 0 fully saturated rings. The molecule has 4 rings (SSSR count). The van der Waals surface area contributed by atoms with Crippen molar-refractivity contribution in [2.24, 2.45) is 0 Å². The van der Waals surface area contributed by atoms with Gasteiger partial charge in [-0.1, -0.05) is 0 Å². The van der Waals surface area contributed by atoms with Gasteiger partial charge >= 0.3 is 0 Å². The maximum atomic E-state index is 12.6. The van der Waals surface area contributed by atoms with E-state index in [1.54, 1.807) is 12.1 Å². The second-order valence-corrected chi connectivity index (χ2v) is 6.84. The molecule has 5 heteroatoms. The molecule has 0 bridgehead atoms. The first-order valence-electron chi connectivity index (χ1n) is 8.32. The van der Waals surface area contributed by atoms with Gasteiger partial charge in [-0.05, 0) is 62.7 Å². The summed E-state index contributed by atoms with van der Waals surface area (Å²) in [6.45, 7) is 6.56. The van der Waals surface area contributed by atoms with E-state index in [0.717, 1.165) is 33.7 Å². The fourth-order valence-corrected chi connectivity index (χ4v) is 3.48. The highest BCUT2D eigenvalue weighted by atomic mass is 16.2. The first-order chi connectivity index (χ1) is 12.0. The SMILES string of the molecule is CCN1C(=O)C(C)(C)c2cc3nc(-c4ccc(C#N)cc4)[nH]c3cc21. The first-order valence-corrected chi connectivity index (χ1v) is 8.32. The molecule has 0 saturated heterocycles. The highest BCUT2D eigenvalue weighted by Gasteiger charge is 2.43. The minimum atomic E-state index is -0.535. The minimum Gasteiger partial charge on any atom is -0.338 e. The van der Waals surface area contributed by atoms with Gasteiger partial charge in [0.25, 0.3) is 0 Å². The average Bonchev–Trinajstić information content (AvgIpc) is 3.11. The van der Waals surface area contributed by atoms with Gasteiger partial charge in [-0.15, -0.1) is 0 Å². The maximum absolute atomic E-state index is 12.6. The number of carbonyl (C=O) groups is 1. The Bertz CT molecular complexity index is 1040. The predicted molar refractivity (Wildman–Crippen MR) is 97.3 cm³/mol. The van der Waals surface area contributed by atoms with Crippen LogP contribution in [0.15, 0.2) is 36.4 Å². The van der Waals surface area contributed by atoms with E-state index in [1.807, 2.05) is 49.9 Å². The topological polar surface area (TPSA) is 72.8 Å². The second-order valence-electron chi connectivity index (χ2n) is 6.84. The zero-order valence-electron chi connectivity index (χ0n) is 14.4. The maximum Gasteiger partial charge on any atom is 0.237 e. The van der Waals surface area contributed by atoms with E-state index < -0.39 is 5.41 Å². The lowest BCUT2D eigenvalue weighted by Crippen LogP contribution is -2.35. The van der Waals surface area contributed by atoms with Gasteiger partial charge in [-0.25, -0.2) is 4.98 Å². The molecule has 0 unspecified atom stereocenters. The van der Waals surface area contributed by atoms with Gasteiger partial charge in [0, 0.05) is 12.1 Å². The number of anilines is 1. The first kappa shape index (κ1) is 15.4. The number of nitrogens with one attached hydrogen (secondary N) is 1. The van der Waals surface area contributed by atoms with Gasteiger partial charge in [-0.3, -0.25) is 4.79 Å². The Balaban J connectivity index is 1.86. The molecule has 0 radical (unpaired) electrons. The minimum absolute atomic E-state index is 0.130. The Morgan fingerprint density at radius 2 is 1.96 bits per heavy atom. The van der Waals surface area contributed by atoms with Crippen LogP contribution in [-0.4, -0.2) is 22.4 Å². The standard InChI is InChI=1S/C20H18N4O/c1-4-24-17-10-16-15(9-14(17)20(2,3)19(24)25)22-18(23-16)13-7-5-12(11-21)6-8-13/h5-10H,4H2,1-3H3,(H,22,23). The second kappa shape index (κ2) is 5.18. The molecule has 2 heterocycles. The van der Waals surface area contributed by atoms with Crippen LogP contribution in [0.4, 0.5) is 5.69 Å². The van der Waals surface area contributed by atoms with E-state index in [0.29, 0.717) is 12.1 Å². The number of amides is 1. The zero-order chi connectivity index (χ0) is 17.8. The summed E-state index contributed by atoms with van der Waals surface area (Å²) >= 11 is 0. The van der Waals surface area contributed by atoms with E-state index in [4.69, 9.17) is 5.26 Å². The Morgan fingerprint density at radius 1 is 1.24 bits per heavy atom. The number of benzene rings is 2. The van der Waals surface area contributed by atoms with E-state index in [2.05, 4.69) is 16.0 Å². The molecule has 0 spiro atoms. The van der Waals surface area contributed by atoms with Crippen molar-refractivity contribution < 1.29 is 4.79 Å². The molecule has 1 N–H and O–H groups in total. The van der Waals surface area contributed by atoms with Crippen LogP contribution in [0.2, 0.25) is 0 Å². The molecule has 1 aromatic heterocycles. The number of hydrogen-bond acceptors (Lipinski definition) is 3. The Hall–Kier alpha value is -3.13. The number of hydrogen-bond donors (Lipinski definition) is 1. The fraction of sp³-hybridized carbons (Fsp3) is 0.250. The summed E-state index contributed by atoms with van der Waals surface area (Å²) in [5, 5.41) is 8.92. The third kappa shape index (κ3) is 2.14. The third-order valence-electron chi connectivity index (χ3n) is 4.95. The number of H-pyrrole nitrogens is 1. The van der Waals surface area contributed by atoms with Crippen molar-refractivity contribution in [1.82, 2.24) is 9.97 Å². The summed E-state index contributed by atoms with van der Waals surface area (Å²) in [7, 11) is 0. The van der Waals surface area contributed by atoms with Gasteiger partial charge in [-0.2, -0.15) is 5.26 Å². The van der Waals surface area contributed by atoms with Crippen molar-refractivity contribution in [1.29, 1.82) is 5.26 Å². The summed E-state index contributed by atoms with van der Waals surface area (Å²) in [5.41, 5.74) is 4.74. The number of aromatic nitrogens is 2. The van der Waals surface area contributed by atoms with Crippen LogP contribution in [0.1, 0.15) is 31.9 Å². The average molecular weight is 330 g/mol. The van der Waals surface area contributed by atoms with E-state index in [1.165, 1.54) is 0 Å². The van der Waals surface area contributed by atoms with Crippen molar-refractivity contribution in [2.45, 2.75) is 26.2 Å². The molecule has 25 heavy (non-hydrogen) atoms. The molecular formula is C20H18N4O. The van der Waals surface area contributed by atoms with E-state index in [9.17, 15) is 4.79 Å². The zero-order valence-corrected chi connectivity index (χ0v) is 14.4. The Kier molecular flexibility index (Phi) is 3.19. The summed E-state index contributed by atoms with van der Waals surface area (Å²) < 4.78 is 0. The number of carbonyl (C=O) groups excluding carboxylic acids is 1. The number of rotatable bonds is 2. The molecule has 0 atom stereocenters. The third-order valence-corrected chi connectivity index (χ3v) is 4.95. The van der Waals surface area contributed by atoms with Crippen LogP contribution in [-0.2, 0) is 10.2 Å². The van der Waals surface area contributed by atoms with Gasteiger partial charge in [0.15, 0.2) is 0 Å². The monoisotopic (exact) mass is 330 g/mol. The molecule has 1 amide bonds. The van der Waals surface area contributed by atoms with Crippen LogP contribution in [0.3, 0.4) is 0 Å². The molecule has 1 aliphatic rings. The predicted octanol–water partition coefficient (Wildman–Crippen LogP) is 3.75. The highest BCUT2D eigenvalue weighted by molar-refractivity contribution is 6.09. The lowest BCUT2D eigenvalue weighted by atomic mass is 9.86. The molecular weight excluding hydrogens is 312 g/mol. The van der Waals surface area contributed by atoms with E-state index in [-0.39, 0.29) is 5.91 Å². The number of fused-ring (bicyclic) bond motifs is 2. The summed E-state index contributed by atoms with van der Waals surface area (Å²) in [6.07, 6.45) is 0. The molecule has 124 valence electrons. The molecule has 1 aliphatic heterocycles. The van der Waals surface area contributed by atoms with Gasteiger partial charge < -0.3 is 9.88 Å². The highest BCUT2D eigenvalue weighted by Crippen LogP contribution is 2.43.